The topological polar surface area (TPSA) is 67.5 Å². The molecule has 1 saturated heterocycles. The molecular formula is C25H25FN6O. The fourth-order valence-corrected chi connectivity index (χ4v) is 4.54. The Labute approximate surface area is 190 Å². The lowest BCUT2D eigenvalue weighted by molar-refractivity contribution is 0.0947. The lowest BCUT2D eigenvalue weighted by Gasteiger charge is -2.36. The summed E-state index contributed by atoms with van der Waals surface area (Å²) in [6.45, 7) is 3.96. The van der Waals surface area contributed by atoms with Crippen molar-refractivity contribution in [2.24, 2.45) is 0 Å². The summed E-state index contributed by atoms with van der Waals surface area (Å²) in [6, 6.07) is 7.41. The Morgan fingerprint density at radius 2 is 1.97 bits per heavy atom. The second kappa shape index (κ2) is 7.52. The van der Waals surface area contributed by atoms with Crippen molar-refractivity contribution < 1.29 is 9.18 Å². The highest BCUT2D eigenvalue weighted by Crippen LogP contribution is 2.29. The summed E-state index contributed by atoms with van der Waals surface area (Å²) in [5.74, 6) is 0.500. The minimum Gasteiger partial charge on any atom is -0.349 e. The zero-order chi connectivity index (χ0) is 22.7. The van der Waals surface area contributed by atoms with Crippen molar-refractivity contribution in [2.45, 2.75) is 31.7 Å². The number of aromatic nitrogens is 4. The van der Waals surface area contributed by atoms with Gasteiger partial charge in [0.1, 0.15) is 11.5 Å². The first kappa shape index (κ1) is 20.1. The molecule has 4 heterocycles. The number of likely N-dealkylation sites (tertiary alicyclic amines) is 1. The van der Waals surface area contributed by atoms with Crippen LogP contribution in [0.25, 0.3) is 22.6 Å². The van der Waals surface area contributed by atoms with E-state index in [0.717, 1.165) is 54.1 Å². The van der Waals surface area contributed by atoms with Crippen LogP contribution in [0.15, 0.2) is 49.1 Å². The number of amides is 1. The maximum atomic E-state index is 14.5. The molecule has 2 aliphatic rings. The van der Waals surface area contributed by atoms with Gasteiger partial charge >= 0.3 is 0 Å². The molecular weight excluding hydrogens is 419 g/mol. The van der Waals surface area contributed by atoms with Gasteiger partial charge in [-0.05, 0) is 61.7 Å². The fraction of sp³-hybridized carbons (Fsp3) is 0.320. The third-order valence-electron chi connectivity index (χ3n) is 6.64. The summed E-state index contributed by atoms with van der Waals surface area (Å²) >= 11 is 0. The van der Waals surface area contributed by atoms with Crippen molar-refractivity contribution in [3.8, 4) is 16.9 Å². The van der Waals surface area contributed by atoms with E-state index in [9.17, 15) is 9.18 Å². The van der Waals surface area contributed by atoms with Crippen LogP contribution in [0.4, 0.5) is 4.39 Å². The number of nitrogens with zero attached hydrogens (tertiary/aromatic N) is 5. The fourth-order valence-electron chi connectivity index (χ4n) is 4.54. The molecule has 168 valence electrons. The molecule has 2 fully saturated rings. The number of likely N-dealkylation sites (N-methyl/N-ethyl adjacent to an activating group) is 1. The standard InChI is InChI=1S/C25H25FN6O/c1-15-7-22(26)21(25(33)29-19-4-5-19)8-20(15)17-9-28-32(14-17)24-10-27-23-6-3-16(13-31(23)24)18-11-30(2)12-18/h3,6-10,13-14,18-19H,4-5,11-12H2,1-2H3,(H,29,33). The number of hydrogen-bond donors (Lipinski definition) is 1. The quantitative estimate of drug-likeness (QED) is 0.511. The first-order valence-electron chi connectivity index (χ1n) is 11.3. The van der Waals surface area contributed by atoms with Gasteiger partial charge in [0.2, 0.25) is 0 Å². The largest absolute Gasteiger partial charge is 0.349 e. The molecule has 1 amide bonds. The average Bonchev–Trinajstić information content (AvgIpc) is 3.28. The van der Waals surface area contributed by atoms with E-state index in [1.807, 2.05) is 19.2 Å². The van der Waals surface area contributed by atoms with Gasteiger partial charge in [-0.15, -0.1) is 0 Å². The Hall–Kier alpha value is -3.52. The van der Waals surface area contributed by atoms with Crippen LogP contribution in [0.3, 0.4) is 0 Å². The number of nitrogens with one attached hydrogen (secondary N) is 1. The third-order valence-corrected chi connectivity index (χ3v) is 6.64. The van der Waals surface area contributed by atoms with E-state index in [0.29, 0.717) is 5.92 Å². The van der Waals surface area contributed by atoms with Crippen molar-refractivity contribution in [3.05, 3.63) is 71.6 Å². The van der Waals surface area contributed by atoms with Gasteiger partial charge in [-0.2, -0.15) is 5.10 Å². The number of pyridine rings is 1. The lowest BCUT2D eigenvalue weighted by atomic mass is 9.93. The van der Waals surface area contributed by atoms with E-state index >= 15 is 0 Å². The molecule has 7 nitrogen and oxygen atoms in total. The molecule has 4 aromatic rings. The highest BCUT2D eigenvalue weighted by atomic mass is 19.1. The number of hydrogen-bond acceptors (Lipinski definition) is 4. The maximum Gasteiger partial charge on any atom is 0.254 e. The molecule has 1 aliphatic carbocycles. The second-order valence-corrected chi connectivity index (χ2v) is 9.29. The minimum atomic E-state index is -0.502. The van der Waals surface area contributed by atoms with Crippen LogP contribution in [0.1, 0.15) is 40.2 Å². The van der Waals surface area contributed by atoms with Crippen LogP contribution >= 0.6 is 0 Å². The van der Waals surface area contributed by atoms with Crippen LogP contribution in [-0.2, 0) is 0 Å². The molecule has 0 unspecified atom stereocenters. The van der Waals surface area contributed by atoms with Crippen molar-refractivity contribution in [3.63, 3.8) is 0 Å². The highest BCUT2D eigenvalue weighted by molar-refractivity contribution is 5.96. The lowest BCUT2D eigenvalue weighted by Crippen LogP contribution is -2.41. The molecule has 6 rings (SSSR count). The zero-order valence-corrected chi connectivity index (χ0v) is 18.6. The maximum absolute atomic E-state index is 14.5. The molecule has 3 aromatic heterocycles. The summed E-state index contributed by atoms with van der Waals surface area (Å²) < 4.78 is 18.4. The number of rotatable bonds is 5. The first-order valence-corrected chi connectivity index (χ1v) is 11.3. The Morgan fingerprint density at radius 1 is 1.15 bits per heavy atom. The molecule has 8 heteroatoms. The van der Waals surface area contributed by atoms with E-state index in [-0.39, 0.29) is 17.5 Å². The predicted molar refractivity (Wildman–Crippen MR) is 123 cm³/mol. The van der Waals surface area contributed by atoms with E-state index < -0.39 is 5.82 Å². The Bertz CT molecular complexity index is 1380. The van der Waals surface area contributed by atoms with Gasteiger partial charge in [0.05, 0.1) is 18.0 Å². The average molecular weight is 445 g/mol. The number of fused-ring (bicyclic) bond motifs is 1. The smallest absolute Gasteiger partial charge is 0.254 e. The van der Waals surface area contributed by atoms with Crippen LogP contribution < -0.4 is 5.32 Å². The summed E-state index contributed by atoms with van der Waals surface area (Å²) in [5.41, 5.74) is 4.57. The van der Waals surface area contributed by atoms with Gasteiger partial charge in [0.15, 0.2) is 5.82 Å². The summed E-state index contributed by atoms with van der Waals surface area (Å²) in [7, 11) is 2.13. The van der Waals surface area contributed by atoms with E-state index in [2.05, 4.69) is 44.0 Å². The number of carbonyl (C=O) groups excluding carboxylic acids is 1. The monoisotopic (exact) mass is 444 g/mol. The van der Waals surface area contributed by atoms with Gasteiger partial charge in [-0.1, -0.05) is 6.07 Å². The SMILES string of the molecule is Cc1cc(F)c(C(=O)NC2CC2)cc1-c1cnn(-c2cnc3ccc(C4CN(C)C4)cn23)c1. The van der Waals surface area contributed by atoms with Crippen LogP contribution in [0.2, 0.25) is 0 Å². The van der Waals surface area contributed by atoms with Crippen LogP contribution in [0.5, 0.6) is 0 Å². The molecule has 1 saturated carbocycles. The van der Waals surface area contributed by atoms with Crippen molar-refractivity contribution in [2.75, 3.05) is 20.1 Å². The summed E-state index contributed by atoms with van der Waals surface area (Å²) in [5, 5.41) is 7.42. The van der Waals surface area contributed by atoms with Gasteiger partial charge < -0.3 is 10.2 Å². The highest BCUT2D eigenvalue weighted by Gasteiger charge is 2.26. The molecule has 1 N–H and O–H groups in total. The normalized spacial score (nSPS) is 16.8. The summed E-state index contributed by atoms with van der Waals surface area (Å²) in [4.78, 5) is 19.3. The number of benzene rings is 1. The molecule has 0 bridgehead atoms. The van der Waals surface area contributed by atoms with E-state index in [1.165, 1.54) is 11.6 Å². The third kappa shape index (κ3) is 3.60. The van der Waals surface area contributed by atoms with Gasteiger partial charge in [0, 0.05) is 43.0 Å². The number of carbonyl (C=O) groups is 1. The van der Waals surface area contributed by atoms with Crippen LogP contribution in [0, 0.1) is 12.7 Å². The molecule has 0 atom stereocenters. The minimum absolute atomic E-state index is 0.0696. The predicted octanol–water partition coefficient (Wildman–Crippen LogP) is 3.56. The zero-order valence-electron chi connectivity index (χ0n) is 18.6. The second-order valence-electron chi connectivity index (χ2n) is 9.29. The first-order chi connectivity index (χ1) is 16.0. The van der Waals surface area contributed by atoms with Crippen molar-refractivity contribution in [1.82, 2.24) is 29.4 Å². The van der Waals surface area contributed by atoms with Gasteiger partial charge in [-0.3, -0.25) is 9.20 Å². The van der Waals surface area contributed by atoms with E-state index in [4.69, 9.17) is 0 Å². The molecule has 1 aliphatic heterocycles. The van der Waals surface area contributed by atoms with Crippen LogP contribution in [-0.4, -0.2) is 56.2 Å². The summed E-state index contributed by atoms with van der Waals surface area (Å²) in [6.07, 6.45) is 9.49. The van der Waals surface area contributed by atoms with E-state index in [1.54, 1.807) is 23.1 Å². The molecule has 0 spiro atoms. The molecule has 1 aromatic carbocycles. The number of imidazole rings is 1. The number of aryl methyl sites for hydroxylation is 1. The van der Waals surface area contributed by atoms with Gasteiger partial charge in [-0.25, -0.2) is 14.1 Å². The Morgan fingerprint density at radius 3 is 2.73 bits per heavy atom. The Kier molecular flexibility index (Phi) is 4.58. The van der Waals surface area contributed by atoms with Crippen molar-refractivity contribution in [1.29, 1.82) is 0 Å². The molecule has 0 radical (unpaired) electrons. The number of halogens is 1. The van der Waals surface area contributed by atoms with Gasteiger partial charge in [0.25, 0.3) is 5.91 Å². The Balaban J connectivity index is 1.35. The molecule has 33 heavy (non-hydrogen) atoms. The van der Waals surface area contributed by atoms with Crippen molar-refractivity contribution >= 4 is 11.6 Å².